The molecule has 0 bridgehead atoms. The Kier molecular flexibility index (Phi) is 4.16. The van der Waals surface area contributed by atoms with E-state index in [1.54, 1.807) is 6.92 Å². The van der Waals surface area contributed by atoms with Gasteiger partial charge in [0.05, 0.1) is 7.11 Å². The van der Waals surface area contributed by atoms with Crippen LogP contribution in [0.5, 0.6) is 5.75 Å². The summed E-state index contributed by atoms with van der Waals surface area (Å²) in [5.41, 5.74) is -1.05. The first-order chi connectivity index (χ1) is 9.96. The molecule has 21 heavy (non-hydrogen) atoms. The van der Waals surface area contributed by atoms with Gasteiger partial charge in [0.1, 0.15) is 5.54 Å². The van der Waals surface area contributed by atoms with Crippen molar-refractivity contribution in [1.29, 1.82) is 0 Å². The summed E-state index contributed by atoms with van der Waals surface area (Å²) in [6, 6.07) is 3.90. The molecule has 0 radical (unpaired) electrons. The summed E-state index contributed by atoms with van der Waals surface area (Å²) in [5.74, 6) is -2.06. The van der Waals surface area contributed by atoms with E-state index in [4.69, 9.17) is 4.74 Å². The van der Waals surface area contributed by atoms with Crippen molar-refractivity contribution in [2.24, 2.45) is 0 Å². The Morgan fingerprint density at radius 3 is 2.71 bits per heavy atom. The quantitative estimate of drug-likeness (QED) is 0.925. The number of aliphatic carboxylic acids is 1. The van der Waals surface area contributed by atoms with E-state index >= 15 is 0 Å². The van der Waals surface area contributed by atoms with Crippen LogP contribution in [-0.2, 0) is 4.79 Å². The van der Waals surface area contributed by atoms with Crippen LogP contribution in [0.3, 0.4) is 0 Å². The summed E-state index contributed by atoms with van der Waals surface area (Å²) in [7, 11) is 1.34. The van der Waals surface area contributed by atoms with Gasteiger partial charge < -0.3 is 14.7 Å². The van der Waals surface area contributed by atoms with Crippen molar-refractivity contribution in [1.82, 2.24) is 4.90 Å². The minimum atomic E-state index is -1.19. The summed E-state index contributed by atoms with van der Waals surface area (Å²) in [6.07, 6.45) is 1.38. The Balaban J connectivity index is 2.35. The van der Waals surface area contributed by atoms with Gasteiger partial charge in [-0.15, -0.1) is 0 Å². The van der Waals surface area contributed by atoms with Gasteiger partial charge in [0.15, 0.2) is 11.6 Å². The summed E-state index contributed by atoms with van der Waals surface area (Å²) in [4.78, 5) is 25.5. The molecule has 1 aromatic carbocycles. The van der Waals surface area contributed by atoms with E-state index in [1.165, 1.54) is 24.1 Å². The van der Waals surface area contributed by atoms with Gasteiger partial charge in [-0.1, -0.05) is 6.92 Å². The highest BCUT2D eigenvalue weighted by atomic mass is 19.1. The average Bonchev–Trinajstić information content (AvgIpc) is 2.91. The van der Waals surface area contributed by atoms with Crippen molar-refractivity contribution in [3.05, 3.63) is 29.6 Å². The third-order valence-corrected chi connectivity index (χ3v) is 4.12. The van der Waals surface area contributed by atoms with E-state index in [1.807, 2.05) is 0 Å². The first-order valence-electron chi connectivity index (χ1n) is 6.85. The van der Waals surface area contributed by atoms with Crippen LogP contribution >= 0.6 is 0 Å². The van der Waals surface area contributed by atoms with Crippen LogP contribution in [0.2, 0.25) is 0 Å². The number of methoxy groups -OCH3 is 1. The maximum atomic E-state index is 13.7. The maximum Gasteiger partial charge on any atom is 0.329 e. The van der Waals surface area contributed by atoms with Gasteiger partial charge in [-0.3, -0.25) is 4.79 Å². The Morgan fingerprint density at radius 2 is 2.19 bits per heavy atom. The molecule has 114 valence electrons. The molecule has 0 saturated carbocycles. The van der Waals surface area contributed by atoms with Crippen molar-refractivity contribution in [3.8, 4) is 5.75 Å². The molecule has 1 aromatic rings. The van der Waals surface area contributed by atoms with Crippen molar-refractivity contribution < 1.29 is 23.8 Å². The molecule has 0 spiro atoms. The minimum Gasteiger partial charge on any atom is -0.494 e. The van der Waals surface area contributed by atoms with Crippen molar-refractivity contribution in [2.45, 2.75) is 31.7 Å². The number of hydrogen-bond donors (Lipinski definition) is 1. The standard InChI is InChI=1S/C15H18FNO4/c1-3-15(14(19)20)7-4-8-17(15)13(18)10-5-6-12(21-2)11(16)9-10/h5-6,9H,3-4,7-8H2,1-2H3,(H,19,20). The summed E-state index contributed by atoms with van der Waals surface area (Å²) >= 11 is 0. The number of benzene rings is 1. The maximum absolute atomic E-state index is 13.7. The zero-order valence-electron chi connectivity index (χ0n) is 12.1. The smallest absolute Gasteiger partial charge is 0.329 e. The number of ether oxygens (including phenoxy) is 1. The molecular formula is C15H18FNO4. The second-order valence-electron chi connectivity index (χ2n) is 5.10. The molecule has 1 unspecified atom stereocenters. The van der Waals surface area contributed by atoms with Gasteiger partial charge in [0.25, 0.3) is 5.91 Å². The van der Waals surface area contributed by atoms with Crippen molar-refractivity contribution in [3.63, 3.8) is 0 Å². The van der Waals surface area contributed by atoms with Crippen molar-refractivity contribution in [2.75, 3.05) is 13.7 Å². The normalized spacial score (nSPS) is 21.4. The number of carbonyl (C=O) groups is 2. The van der Waals surface area contributed by atoms with E-state index in [0.717, 1.165) is 6.07 Å². The number of hydrogen-bond acceptors (Lipinski definition) is 3. The van der Waals surface area contributed by atoms with Gasteiger partial charge in [-0.2, -0.15) is 0 Å². The van der Waals surface area contributed by atoms with E-state index in [-0.39, 0.29) is 11.3 Å². The highest BCUT2D eigenvalue weighted by molar-refractivity contribution is 5.98. The molecule has 1 amide bonds. The number of carbonyl (C=O) groups excluding carboxylic acids is 1. The lowest BCUT2D eigenvalue weighted by atomic mass is 9.92. The van der Waals surface area contributed by atoms with Crippen LogP contribution in [0.25, 0.3) is 0 Å². The monoisotopic (exact) mass is 295 g/mol. The number of halogens is 1. The lowest BCUT2D eigenvalue weighted by molar-refractivity contribution is -0.148. The molecule has 0 aromatic heterocycles. The lowest BCUT2D eigenvalue weighted by Crippen LogP contribution is -2.52. The molecule has 1 aliphatic rings. The molecule has 6 heteroatoms. The Bertz CT molecular complexity index is 575. The van der Waals surface area contributed by atoms with Crippen molar-refractivity contribution >= 4 is 11.9 Å². The number of likely N-dealkylation sites (tertiary alicyclic amines) is 1. The van der Waals surface area contributed by atoms with Crippen LogP contribution in [-0.4, -0.2) is 41.1 Å². The second-order valence-corrected chi connectivity index (χ2v) is 5.10. The lowest BCUT2D eigenvalue weighted by Gasteiger charge is -2.34. The van der Waals surface area contributed by atoms with Crippen LogP contribution in [0, 0.1) is 5.82 Å². The fourth-order valence-electron chi connectivity index (χ4n) is 2.87. The molecule has 5 nitrogen and oxygen atoms in total. The first-order valence-corrected chi connectivity index (χ1v) is 6.85. The molecule has 1 saturated heterocycles. The fraction of sp³-hybridized carbons (Fsp3) is 0.467. The predicted molar refractivity (Wildman–Crippen MR) is 73.9 cm³/mol. The summed E-state index contributed by atoms with van der Waals surface area (Å²) in [5, 5.41) is 9.48. The number of rotatable bonds is 4. The highest BCUT2D eigenvalue weighted by Crippen LogP contribution is 2.34. The fourth-order valence-corrected chi connectivity index (χ4v) is 2.87. The molecule has 1 heterocycles. The van der Waals surface area contributed by atoms with Gasteiger partial charge in [0, 0.05) is 12.1 Å². The highest BCUT2D eigenvalue weighted by Gasteiger charge is 2.48. The van der Waals surface area contributed by atoms with E-state index in [0.29, 0.717) is 25.8 Å². The molecule has 2 rings (SSSR count). The molecule has 1 fully saturated rings. The van der Waals surface area contributed by atoms with Gasteiger partial charge >= 0.3 is 5.97 Å². The topological polar surface area (TPSA) is 66.8 Å². The van der Waals surface area contributed by atoms with E-state index in [9.17, 15) is 19.1 Å². The molecular weight excluding hydrogens is 277 g/mol. The third kappa shape index (κ3) is 2.46. The minimum absolute atomic E-state index is 0.0490. The van der Waals surface area contributed by atoms with E-state index < -0.39 is 23.2 Å². The van der Waals surface area contributed by atoms with Crippen LogP contribution in [0.15, 0.2) is 18.2 Å². The van der Waals surface area contributed by atoms with Crippen LogP contribution < -0.4 is 4.74 Å². The molecule has 0 aliphatic carbocycles. The number of amides is 1. The average molecular weight is 295 g/mol. The zero-order chi connectivity index (χ0) is 15.6. The number of nitrogens with zero attached hydrogens (tertiary/aromatic N) is 1. The third-order valence-electron chi connectivity index (χ3n) is 4.12. The summed E-state index contributed by atoms with van der Waals surface area (Å²) < 4.78 is 18.5. The first kappa shape index (κ1) is 15.3. The van der Waals surface area contributed by atoms with Gasteiger partial charge in [-0.05, 0) is 37.5 Å². The number of carboxylic acids is 1. The van der Waals surface area contributed by atoms with E-state index in [2.05, 4.69) is 0 Å². The Labute approximate surface area is 122 Å². The molecule has 1 aliphatic heterocycles. The van der Waals surface area contributed by atoms with Crippen LogP contribution in [0.4, 0.5) is 4.39 Å². The molecule has 1 atom stereocenters. The number of carboxylic acid groups (broad SMARTS) is 1. The zero-order valence-corrected chi connectivity index (χ0v) is 12.1. The van der Waals surface area contributed by atoms with Gasteiger partial charge in [0.2, 0.25) is 0 Å². The second kappa shape index (κ2) is 5.71. The predicted octanol–water partition coefficient (Wildman–Crippen LogP) is 2.30. The molecule has 1 N–H and O–H groups in total. The largest absolute Gasteiger partial charge is 0.494 e. The van der Waals surface area contributed by atoms with Crippen LogP contribution in [0.1, 0.15) is 36.5 Å². The Hall–Kier alpha value is -2.11. The summed E-state index contributed by atoms with van der Waals surface area (Å²) in [6.45, 7) is 2.11. The Morgan fingerprint density at radius 1 is 1.48 bits per heavy atom. The SMILES string of the molecule is CCC1(C(=O)O)CCCN1C(=O)c1ccc(OC)c(F)c1. The van der Waals surface area contributed by atoms with Gasteiger partial charge in [-0.25, -0.2) is 9.18 Å².